The van der Waals surface area contributed by atoms with Gasteiger partial charge < -0.3 is 9.67 Å². The van der Waals surface area contributed by atoms with Crippen LogP contribution in [-0.2, 0) is 6.54 Å². The Labute approximate surface area is 94.5 Å². The molecule has 0 amide bonds. The molecule has 86 valence electrons. The van der Waals surface area contributed by atoms with E-state index in [2.05, 4.69) is 11.2 Å². The normalized spacial score (nSPS) is 17.6. The topological polar surface area (TPSA) is 42.5 Å². The second-order valence-electron chi connectivity index (χ2n) is 4.57. The summed E-state index contributed by atoms with van der Waals surface area (Å²) in [7, 11) is 0. The third-order valence-electron chi connectivity index (χ3n) is 3.53. The van der Waals surface area contributed by atoms with Crippen molar-refractivity contribution in [3.63, 3.8) is 0 Å². The van der Waals surface area contributed by atoms with Crippen LogP contribution >= 0.6 is 0 Å². The Morgan fingerprint density at radius 1 is 1.31 bits per heavy atom. The Kier molecular flexibility index (Phi) is 2.44. The highest BCUT2D eigenvalue weighted by Crippen LogP contribution is 2.33. The molecule has 1 N–H and O–H groups in total. The molecule has 1 aliphatic rings. The van der Waals surface area contributed by atoms with Crippen molar-refractivity contribution in [1.82, 2.24) is 14.2 Å². The van der Waals surface area contributed by atoms with Gasteiger partial charge in [0.25, 0.3) is 0 Å². The summed E-state index contributed by atoms with van der Waals surface area (Å²) in [5, 5.41) is 13.6. The molecular formula is C12H17N3O. The van der Waals surface area contributed by atoms with Gasteiger partial charge in [0, 0.05) is 30.9 Å². The zero-order valence-electron chi connectivity index (χ0n) is 9.34. The molecule has 0 aliphatic heterocycles. The number of hydrogen-bond donors (Lipinski definition) is 1. The van der Waals surface area contributed by atoms with E-state index < -0.39 is 0 Å². The summed E-state index contributed by atoms with van der Waals surface area (Å²) in [5.41, 5.74) is 2.32. The third-order valence-corrected chi connectivity index (χ3v) is 3.53. The van der Waals surface area contributed by atoms with Gasteiger partial charge in [-0.15, -0.1) is 0 Å². The van der Waals surface area contributed by atoms with Crippen LogP contribution in [0.25, 0.3) is 5.65 Å². The summed E-state index contributed by atoms with van der Waals surface area (Å²) in [5.74, 6) is 0.655. The SMILES string of the molecule is OCCn1ccn2nc(C3CCCC3)cc12. The molecule has 2 aromatic rings. The average Bonchev–Trinajstić information content (AvgIpc) is 2.93. The fourth-order valence-electron chi connectivity index (χ4n) is 2.67. The van der Waals surface area contributed by atoms with Gasteiger partial charge in [0.15, 0.2) is 0 Å². The lowest BCUT2D eigenvalue weighted by Gasteiger charge is -2.02. The summed E-state index contributed by atoms with van der Waals surface area (Å²) < 4.78 is 3.97. The largest absolute Gasteiger partial charge is 0.395 e. The zero-order chi connectivity index (χ0) is 11.0. The molecular weight excluding hydrogens is 202 g/mol. The van der Waals surface area contributed by atoms with Gasteiger partial charge in [-0.2, -0.15) is 5.10 Å². The standard InChI is InChI=1S/C12H17N3O/c16-8-7-14-5-6-15-12(14)9-11(13-15)10-3-1-2-4-10/h5-6,9-10,16H,1-4,7-8H2. The summed E-state index contributed by atoms with van der Waals surface area (Å²) in [6, 6.07) is 2.17. The molecule has 4 heteroatoms. The number of hydrogen-bond acceptors (Lipinski definition) is 2. The molecule has 1 aliphatic carbocycles. The van der Waals surface area contributed by atoms with E-state index in [1.807, 2.05) is 21.5 Å². The first-order valence-electron chi connectivity index (χ1n) is 6.04. The van der Waals surface area contributed by atoms with Crippen LogP contribution in [0.3, 0.4) is 0 Å². The Morgan fingerprint density at radius 3 is 2.88 bits per heavy atom. The predicted octanol–water partition coefficient (Wildman–Crippen LogP) is 1.79. The van der Waals surface area contributed by atoms with Gasteiger partial charge in [-0.3, -0.25) is 0 Å². The van der Waals surface area contributed by atoms with Crippen molar-refractivity contribution in [1.29, 1.82) is 0 Å². The first kappa shape index (κ1) is 9.90. The maximum Gasteiger partial charge on any atom is 0.136 e. The molecule has 2 heterocycles. The van der Waals surface area contributed by atoms with Crippen LogP contribution in [0.1, 0.15) is 37.3 Å². The fraction of sp³-hybridized carbons (Fsp3) is 0.583. The minimum Gasteiger partial charge on any atom is -0.395 e. The van der Waals surface area contributed by atoms with Gasteiger partial charge in [0.1, 0.15) is 5.65 Å². The van der Waals surface area contributed by atoms with Crippen LogP contribution in [0, 0.1) is 0 Å². The molecule has 0 bridgehead atoms. The molecule has 4 nitrogen and oxygen atoms in total. The van der Waals surface area contributed by atoms with E-state index in [-0.39, 0.29) is 6.61 Å². The molecule has 0 radical (unpaired) electrons. The highest BCUT2D eigenvalue weighted by atomic mass is 16.3. The van der Waals surface area contributed by atoms with Crippen LogP contribution in [0.4, 0.5) is 0 Å². The highest BCUT2D eigenvalue weighted by molar-refractivity contribution is 5.42. The molecule has 16 heavy (non-hydrogen) atoms. The van der Waals surface area contributed by atoms with E-state index in [0.29, 0.717) is 12.5 Å². The number of rotatable bonds is 3. The average molecular weight is 219 g/mol. The monoisotopic (exact) mass is 219 g/mol. The van der Waals surface area contributed by atoms with E-state index in [0.717, 1.165) is 5.65 Å². The number of aliphatic hydroxyl groups is 1. The Hall–Kier alpha value is -1.29. The van der Waals surface area contributed by atoms with E-state index in [1.165, 1.54) is 31.4 Å². The lowest BCUT2D eigenvalue weighted by molar-refractivity contribution is 0.278. The number of nitrogens with zero attached hydrogens (tertiary/aromatic N) is 3. The molecule has 1 fully saturated rings. The Bertz CT molecular complexity index is 479. The third kappa shape index (κ3) is 1.53. The second-order valence-corrected chi connectivity index (χ2v) is 4.57. The molecule has 3 rings (SSSR count). The van der Waals surface area contributed by atoms with Crippen molar-refractivity contribution in [3.8, 4) is 0 Å². The van der Waals surface area contributed by atoms with Crippen LogP contribution < -0.4 is 0 Å². The van der Waals surface area contributed by atoms with Gasteiger partial charge in [0.2, 0.25) is 0 Å². The molecule has 1 saturated carbocycles. The summed E-state index contributed by atoms with van der Waals surface area (Å²) in [6.45, 7) is 0.820. The van der Waals surface area contributed by atoms with Crippen LogP contribution in [0.2, 0.25) is 0 Å². The fourth-order valence-corrected chi connectivity index (χ4v) is 2.67. The van der Waals surface area contributed by atoms with Crippen molar-refractivity contribution in [2.24, 2.45) is 0 Å². The molecule has 0 aromatic carbocycles. The highest BCUT2D eigenvalue weighted by Gasteiger charge is 2.20. The first-order valence-corrected chi connectivity index (χ1v) is 6.04. The number of fused-ring (bicyclic) bond motifs is 1. The van der Waals surface area contributed by atoms with Gasteiger partial charge >= 0.3 is 0 Å². The second kappa shape index (κ2) is 3.94. The Morgan fingerprint density at radius 2 is 2.12 bits per heavy atom. The van der Waals surface area contributed by atoms with Crippen molar-refractivity contribution < 1.29 is 5.11 Å². The lowest BCUT2D eigenvalue weighted by atomic mass is 10.1. The lowest BCUT2D eigenvalue weighted by Crippen LogP contribution is -1.99. The molecule has 0 saturated heterocycles. The number of aromatic nitrogens is 3. The maximum absolute atomic E-state index is 8.97. The van der Waals surface area contributed by atoms with Crippen LogP contribution in [0.15, 0.2) is 18.5 Å². The minimum atomic E-state index is 0.175. The van der Waals surface area contributed by atoms with E-state index in [9.17, 15) is 0 Å². The van der Waals surface area contributed by atoms with Gasteiger partial charge in [-0.1, -0.05) is 12.8 Å². The van der Waals surface area contributed by atoms with Gasteiger partial charge in [-0.25, -0.2) is 4.52 Å². The van der Waals surface area contributed by atoms with Crippen molar-refractivity contribution in [2.75, 3.05) is 6.61 Å². The molecule has 0 unspecified atom stereocenters. The van der Waals surface area contributed by atoms with Crippen LogP contribution in [-0.4, -0.2) is 25.9 Å². The summed E-state index contributed by atoms with van der Waals surface area (Å²) >= 11 is 0. The Balaban J connectivity index is 1.95. The number of aliphatic hydroxyl groups excluding tert-OH is 1. The zero-order valence-corrected chi connectivity index (χ0v) is 9.34. The maximum atomic E-state index is 8.97. The minimum absolute atomic E-state index is 0.175. The summed E-state index contributed by atoms with van der Waals surface area (Å²) in [4.78, 5) is 0. The molecule has 0 spiro atoms. The first-order chi connectivity index (χ1) is 7.88. The predicted molar refractivity (Wildman–Crippen MR) is 61.5 cm³/mol. The quantitative estimate of drug-likeness (QED) is 0.855. The number of imidazole rings is 1. The van der Waals surface area contributed by atoms with Gasteiger partial charge in [0.05, 0.1) is 12.3 Å². The van der Waals surface area contributed by atoms with Crippen LogP contribution in [0.5, 0.6) is 0 Å². The molecule has 0 atom stereocenters. The molecule has 2 aromatic heterocycles. The summed E-state index contributed by atoms with van der Waals surface area (Å²) in [6.07, 6.45) is 9.16. The smallest absolute Gasteiger partial charge is 0.136 e. The van der Waals surface area contributed by atoms with E-state index in [1.54, 1.807) is 0 Å². The van der Waals surface area contributed by atoms with E-state index >= 15 is 0 Å². The van der Waals surface area contributed by atoms with Crippen molar-refractivity contribution in [3.05, 3.63) is 24.2 Å². The van der Waals surface area contributed by atoms with E-state index in [4.69, 9.17) is 5.11 Å². The van der Waals surface area contributed by atoms with Gasteiger partial charge in [-0.05, 0) is 12.8 Å². The van der Waals surface area contributed by atoms with Crippen molar-refractivity contribution >= 4 is 5.65 Å². The van der Waals surface area contributed by atoms with Crippen molar-refractivity contribution in [2.45, 2.75) is 38.1 Å².